The molecule has 7 heteroatoms. The molecule has 15 aromatic carbocycles. The number of fused-ring (bicyclic) bond motifs is 22. The van der Waals surface area contributed by atoms with Gasteiger partial charge >= 0.3 is 0 Å². The summed E-state index contributed by atoms with van der Waals surface area (Å²) in [7, 11) is 0. The summed E-state index contributed by atoms with van der Waals surface area (Å²) in [5, 5.41) is 11.6. The van der Waals surface area contributed by atoms with E-state index < -0.39 is 0 Å². The highest BCUT2D eigenvalue weighted by molar-refractivity contribution is 6.25. The predicted octanol–water partition coefficient (Wildman–Crippen LogP) is 25.5. The molecule has 0 saturated carbocycles. The molecular weight excluding hydrogens is 1280 g/mol. The number of aromatic nitrogens is 6. The molecule has 20 aromatic rings. The van der Waals surface area contributed by atoms with Crippen LogP contribution in [0.4, 0.5) is 0 Å². The lowest BCUT2D eigenvalue weighted by Crippen LogP contribution is -2.14. The van der Waals surface area contributed by atoms with Gasteiger partial charge in [0.1, 0.15) is 11.2 Å². The van der Waals surface area contributed by atoms with Crippen molar-refractivity contribution < 1.29 is 4.42 Å². The molecule has 5 heterocycles. The molecule has 494 valence electrons. The van der Waals surface area contributed by atoms with Crippen LogP contribution in [0.2, 0.25) is 0 Å². The van der Waals surface area contributed by atoms with Gasteiger partial charge in [-0.2, -0.15) is 0 Å². The Kier molecular flexibility index (Phi) is 13.3. The van der Waals surface area contributed by atoms with Gasteiger partial charge in [0.2, 0.25) is 0 Å². The van der Waals surface area contributed by atoms with E-state index in [1.54, 1.807) is 0 Å². The molecule has 0 bridgehead atoms. The van der Waals surface area contributed by atoms with E-state index in [9.17, 15) is 0 Å². The molecule has 2 aliphatic carbocycles. The Labute approximate surface area is 606 Å². The van der Waals surface area contributed by atoms with E-state index in [0.29, 0.717) is 5.82 Å². The van der Waals surface area contributed by atoms with Crippen LogP contribution in [0.25, 0.3) is 188 Å². The first kappa shape index (κ1) is 60.4. The zero-order valence-electron chi connectivity index (χ0n) is 58.3. The van der Waals surface area contributed by atoms with Gasteiger partial charge in [0, 0.05) is 76.6 Å². The Morgan fingerprint density at radius 2 is 0.724 bits per heavy atom. The molecule has 5 aromatic heterocycles. The van der Waals surface area contributed by atoms with Crippen molar-refractivity contribution in [1.29, 1.82) is 0 Å². The first-order valence-corrected chi connectivity index (χ1v) is 36.2. The highest BCUT2D eigenvalue weighted by Gasteiger charge is 2.39. The van der Waals surface area contributed by atoms with Crippen LogP contribution in [-0.4, -0.2) is 29.1 Å². The molecule has 0 fully saturated rings. The fourth-order valence-corrected chi connectivity index (χ4v) is 17.7. The number of hydrogen-bond donors (Lipinski definition) is 0. The fourth-order valence-electron chi connectivity index (χ4n) is 17.7. The number of hydrogen-bond acceptors (Lipinski definition) is 5. The summed E-state index contributed by atoms with van der Waals surface area (Å²) < 4.78 is 11.7. The summed E-state index contributed by atoms with van der Waals surface area (Å²) in [4.78, 5) is 21.5. The van der Waals surface area contributed by atoms with E-state index >= 15 is 0 Å². The Morgan fingerprint density at radius 1 is 0.267 bits per heavy atom. The van der Waals surface area contributed by atoms with Gasteiger partial charge in [-0.25, -0.2) is 19.9 Å². The minimum Gasteiger partial charge on any atom is -0.455 e. The zero-order valence-corrected chi connectivity index (χ0v) is 58.3. The largest absolute Gasteiger partial charge is 0.455 e. The Morgan fingerprint density at radius 3 is 1.37 bits per heavy atom. The number of benzene rings is 15. The quantitative estimate of drug-likeness (QED) is 0.159. The third kappa shape index (κ3) is 9.11. The van der Waals surface area contributed by atoms with Gasteiger partial charge in [0.15, 0.2) is 11.6 Å². The van der Waals surface area contributed by atoms with Gasteiger partial charge in [-0.05, 0) is 151 Å². The lowest BCUT2D eigenvalue weighted by molar-refractivity contribution is 0.660. The minimum absolute atomic E-state index is 0.109. The van der Waals surface area contributed by atoms with Gasteiger partial charge in [0.05, 0.1) is 55.4 Å². The van der Waals surface area contributed by atoms with Gasteiger partial charge < -0.3 is 13.6 Å². The maximum atomic E-state index is 7.02. The summed E-state index contributed by atoms with van der Waals surface area (Å²) in [5.74, 6) is 1.38. The van der Waals surface area contributed by atoms with Gasteiger partial charge in [-0.3, -0.25) is 0 Å². The standard InChI is InChI=1S/C51H35N3.C47H31N3O/c1-51(2)41-23-12-11-22-39(41)47-42(51)26-27-43-48(47)49(33-15-5-3-6-16-33)53-50(52-43)36-18-13-17-34(30-36)35-25-28-44-40(31-35)46-38-21-10-9-14-32(38)24-29-45(46)54(44)37-19-7-4-8-20-37;1-47(2)35-22-11-9-18-32(35)40-36(47)25-26-37-42(40)43(28-14-5-3-6-15-28)49-46(48-37)34-21-13-20-30-31-24-27-39-41(45(31)51-44(30)34)33-19-10-12-23-38(33)50(39)29-16-7-4-8-17-29/h3-31H,1-2H3;3-27H,1-2H3. The third-order valence-electron chi connectivity index (χ3n) is 22.6. The van der Waals surface area contributed by atoms with Gasteiger partial charge in [-0.1, -0.05) is 270 Å². The van der Waals surface area contributed by atoms with E-state index in [2.05, 4.69) is 364 Å². The van der Waals surface area contributed by atoms with Gasteiger partial charge in [0.25, 0.3) is 0 Å². The van der Waals surface area contributed by atoms with E-state index in [1.165, 1.54) is 77.1 Å². The predicted molar refractivity (Wildman–Crippen MR) is 435 cm³/mol. The second-order valence-electron chi connectivity index (χ2n) is 29.1. The molecule has 0 atom stereocenters. The van der Waals surface area contributed by atoms with E-state index in [4.69, 9.17) is 24.4 Å². The van der Waals surface area contributed by atoms with Gasteiger partial charge in [-0.15, -0.1) is 0 Å². The molecule has 22 rings (SSSR count). The molecule has 0 aliphatic heterocycles. The van der Waals surface area contributed by atoms with Crippen LogP contribution >= 0.6 is 0 Å². The molecular formula is C98H66N6O. The summed E-state index contributed by atoms with van der Waals surface area (Å²) in [6.07, 6.45) is 0. The maximum absolute atomic E-state index is 7.02. The molecule has 0 spiro atoms. The molecule has 2 aliphatic rings. The molecule has 0 unspecified atom stereocenters. The summed E-state index contributed by atoms with van der Waals surface area (Å²) in [6.45, 7) is 9.28. The first-order chi connectivity index (χ1) is 51.6. The number of nitrogens with zero attached hydrogens (tertiary/aromatic N) is 6. The Bertz CT molecular complexity index is 7010. The fraction of sp³-hybridized carbons (Fsp3) is 0.0612. The van der Waals surface area contributed by atoms with Crippen molar-refractivity contribution in [2.45, 2.75) is 38.5 Å². The maximum Gasteiger partial charge on any atom is 0.164 e. The Balaban J connectivity index is 0.000000135. The van der Waals surface area contributed by atoms with Crippen molar-refractivity contribution in [3.63, 3.8) is 0 Å². The summed E-state index contributed by atoms with van der Waals surface area (Å²) >= 11 is 0. The first-order valence-electron chi connectivity index (χ1n) is 36.2. The summed E-state index contributed by atoms with van der Waals surface area (Å²) in [5.41, 5.74) is 28.8. The smallest absolute Gasteiger partial charge is 0.164 e. The number of furan rings is 1. The number of rotatable bonds is 7. The molecule has 0 saturated heterocycles. The minimum atomic E-state index is -0.123. The molecule has 7 nitrogen and oxygen atoms in total. The lowest BCUT2D eigenvalue weighted by Gasteiger charge is -2.21. The average Bonchev–Trinajstić information content (AvgIpc) is 1.59. The normalized spacial score (nSPS) is 13.3. The lowest BCUT2D eigenvalue weighted by atomic mass is 9.82. The van der Waals surface area contributed by atoms with Crippen LogP contribution in [0.15, 0.2) is 332 Å². The van der Waals surface area contributed by atoms with Crippen LogP contribution in [-0.2, 0) is 10.8 Å². The third-order valence-corrected chi connectivity index (χ3v) is 22.6. The van der Waals surface area contributed by atoms with E-state index in [0.717, 1.165) is 128 Å². The zero-order chi connectivity index (χ0) is 69.8. The van der Waals surface area contributed by atoms with E-state index in [-0.39, 0.29) is 10.8 Å². The van der Waals surface area contributed by atoms with Crippen molar-refractivity contribution in [3.8, 4) is 90.0 Å². The monoisotopic (exact) mass is 1340 g/mol. The molecule has 0 N–H and O–H groups in total. The van der Waals surface area contributed by atoms with Crippen LogP contribution in [0.1, 0.15) is 49.9 Å². The highest BCUT2D eigenvalue weighted by Crippen LogP contribution is 2.55. The molecule has 105 heavy (non-hydrogen) atoms. The van der Waals surface area contributed by atoms with Crippen molar-refractivity contribution in [2.24, 2.45) is 0 Å². The van der Waals surface area contributed by atoms with Crippen molar-refractivity contribution in [1.82, 2.24) is 29.1 Å². The SMILES string of the molecule is CC1(C)c2ccccc2-c2c1ccc1nc(-c3cccc(-c4ccc5c(c4)c4c6ccccc6ccc4n5-c4ccccc4)c3)nc(-c3ccccc3)c21.CC1(C)c2ccccc2-c2c1ccc1nc(-c3cccc4c3oc3c4ccc4c3c3ccccc3n4-c3ccccc3)nc(-c3ccccc3)c21. The second-order valence-corrected chi connectivity index (χ2v) is 29.1. The molecule has 0 amide bonds. The van der Waals surface area contributed by atoms with Crippen LogP contribution < -0.4 is 0 Å². The van der Waals surface area contributed by atoms with Crippen LogP contribution in [0, 0.1) is 0 Å². The van der Waals surface area contributed by atoms with Crippen molar-refractivity contribution in [2.75, 3.05) is 0 Å². The highest BCUT2D eigenvalue weighted by atomic mass is 16.3. The van der Waals surface area contributed by atoms with Crippen LogP contribution in [0.5, 0.6) is 0 Å². The van der Waals surface area contributed by atoms with Crippen LogP contribution in [0.3, 0.4) is 0 Å². The summed E-state index contributed by atoms with van der Waals surface area (Å²) in [6, 6.07) is 117. The van der Waals surface area contributed by atoms with Crippen molar-refractivity contribution in [3.05, 3.63) is 350 Å². The second kappa shape index (κ2) is 23.1. The van der Waals surface area contributed by atoms with Crippen molar-refractivity contribution >= 4 is 98.1 Å². The topological polar surface area (TPSA) is 74.6 Å². The average molecular weight is 1340 g/mol. The Hall–Kier alpha value is -13.4. The number of para-hydroxylation sites is 4. The van der Waals surface area contributed by atoms with E-state index in [1.807, 2.05) is 0 Å². The molecule has 0 radical (unpaired) electrons.